The summed E-state index contributed by atoms with van der Waals surface area (Å²) >= 11 is 0. The molecule has 0 N–H and O–H groups in total. The fourth-order valence-corrected chi connectivity index (χ4v) is 0.838. The molecule has 0 rings (SSSR count). The standard InChI is InChI=1S/C9H18/c1-6-7-9(4,5)8(2)3/h2,6-7H2,1,3-5H3. The molecule has 0 amide bonds. The second kappa shape index (κ2) is 3.05. The molecule has 54 valence electrons. The Morgan fingerprint density at radius 2 is 1.89 bits per heavy atom. The topological polar surface area (TPSA) is 0 Å². The van der Waals surface area contributed by atoms with Crippen LogP contribution >= 0.6 is 0 Å². The average Bonchev–Trinajstić information content (AvgIpc) is 1.65. The quantitative estimate of drug-likeness (QED) is 0.508. The molecule has 9 heavy (non-hydrogen) atoms. The summed E-state index contributed by atoms with van der Waals surface area (Å²) in [7, 11) is 0. The molecular formula is C9H18. The van der Waals surface area contributed by atoms with Crippen molar-refractivity contribution in [3.05, 3.63) is 12.2 Å². The summed E-state index contributed by atoms with van der Waals surface area (Å²) in [5, 5.41) is 0. The zero-order valence-electron chi connectivity index (χ0n) is 7.12. The van der Waals surface area contributed by atoms with E-state index in [4.69, 9.17) is 0 Å². The van der Waals surface area contributed by atoms with Crippen LogP contribution in [0.2, 0.25) is 0 Å². The molecule has 0 aliphatic heterocycles. The Labute approximate surface area is 59.0 Å². The summed E-state index contributed by atoms with van der Waals surface area (Å²) in [5.41, 5.74) is 1.65. The summed E-state index contributed by atoms with van der Waals surface area (Å²) in [6, 6.07) is 0. The highest BCUT2D eigenvalue weighted by Gasteiger charge is 2.16. The normalized spacial score (nSPS) is 11.6. The third-order valence-electron chi connectivity index (χ3n) is 2.03. The average molecular weight is 126 g/mol. The van der Waals surface area contributed by atoms with Gasteiger partial charge in [0, 0.05) is 0 Å². The lowest BCUT2D eigenvalue weighted by atomic mass is 9.82. The van der Waals surface area contributed by atoms with Gasteiger partial charge in [0.2, 0.25) is 0 Å². The molecule has 0 unspecified atom stereocenters. The lowest BCUT2D eigenvalue weighted by Gasteiger charge is -2.23. The van der Waals surface area contributed by atoms with Gasteiger partial charge in [-0.25, -0.2) is 0 Å². The van der Waals surface area contributed by atoms with Crippen molar-refractivity contribution < 1.29 is 0 Å². The largest absolute Gasteiger partial charge is 0.0996 e. The van der Waals surface area contributed by atoms with Crippen molar-refractivity contribution in [1.82, 2.24) is 0 Å². The Morgan fingerprint density at radius 1 is 1.44 bits per heavy atom. The third-order valence-corrected chi connectivity index (χ3v) is 2.03. The molecule has 0 saturated carbocycles. The van der Waals surface area contributed by atoms with Crippen LogP contribution in [-0.4, -0.2) is 0 Å². The van der Waals surface area contributed by atoms with E-state index in [-0.39, 0.29) is 0 Å². The summed E-state index contributed by atoms with van der Waals surface area (Å²) in [6.07, 6.45) is 2.50. The molecular weight excluding hydrogens is 108 g/mol. The van der Waals surface area contributed by atoms with Crippen LogP contribution in [0.15, 0.2) is 12.2 Å². The molecule has 0 heteroatoms. The number of rotatable bonds is 3. The van der Waals surface area contributed by atoms with Gasteiger partial charge in [0.25, 0.3) is 0 Å². The molecule has 0 atom stereocenters. The molecule has 0 heterocycles. The van der Waals surface area contributed by atoms with Gasteiger partial charge in [0.05, 0.1) is 0 Å². The van der Waals surface area contributed by atoms with E-state index in [1.54, 1.807) is 0 Å². The van der Waals surface area contributed by atoms with Crippen LogP contribution in [0.4, 0.5) is 0 Å². The zero-order chi connectivity index (χ0) is 7.49. The van der Waals surface area contributed by atoms with Gasteiger partial charge in [-0.15, -0.1) is 0 Å². The highest BCUT2D eigenvalue weighted by Crippen LogP contribution is 2.29. The maximum absolute atomic E-state index is 3.95. The fraction of sp³-hybridized carbons (Fsp3) is 0.778. The Hall–Kier alpha value is -0.260. The molecule has 0 aliphatic carbocycles. The van der Waals surface area contributed by atoms with E-state index < -0.39 is 0 Å². The van der Waals surface area contributed by atoms with Crippen LogP contribution in [0.1, 0.15) is 40.5 Å². The second-order valence-electron chi connectivity index (χ2n) is 3.41. The van der Waals surface area contributed by atoms with Crippen molar-refractivity contribution in [2.75, 3.05) is 0 Å². The molecule has 0 aromatic rings. The molecule has 0 spiro atoms. The molecule has 0 fully saturated rings. The van der Waals surface area contributed by atoms with Gasteiger partial charge in [-0.3, -0.25) is 0 Å². The molecule has 0 nitrogen and oxygen atoms in total. The van der Waals surface area contributed by atoms with Gasteiger partial charge < -0.3 is 0 Å². The maximum Gasteiger partial charge on any atom is -0.0150 e. The van der Waals surface area contributed by atoms with Gasteiger partial charge in [-0.05, 0) is 18.8 Å². The summed E-state index contributed by atoms with van der Waals surface area (Å²) < 4.78 is 0. The van der Waals surface area contributed by atoms with Gasteiger partial charge in [-0.2, -0.15) is 0 Å². The van der Waals surface area contributed by atoms with E-state index in [1.165, 1.54) is 18.4 Å². The van der Waals surface area contributed by atoms with Crippen LogP contribution in [0, 0.1) is 5.41 Å². The van der Waals surface area contributed by atoms with Crippen molar-refractivity contribution in [3.63, 3.8) is 0 Å². The number of hydrogen-bond acceptors (Lipinski definition) is 0. The Bertz CT molecular complexity index is 98.6. The van der Waals surface area contributed by atoms with Crippen LogP contribution < -0.4 is 0 Å². The van der Waals surface area contributed by atoms with Crippen molar-refractivity contribution in [3.8, 4) is 0 Å². The van der Waals surface area contributed by atoms with Gasteiger partial charge >= 0.3 is 0 Å². The van der Waals surface area contributed by atoms with Gasteiger partial charge in [-0.1, -0.05) is 39.3 Å². The van der Waals surface area contributed by atoms with Crippen molar-refractivity contribution in [1.29, 1.82) is 0 Å². The molecule has 0 aromatic carbocycles. The number of hydrogen-bond donors (Lipinski definition) is 0. The van der Waals surface area contributed by atoms with Crippen molar-refractivity contribution in [2.24, 2.45) is 5.41 Å². The lowest BCUT2D eigenvalue weighted by Crippen LogP contribution is -2.10. The van der Waals surface area contributed by atoms with Crippen molar-refractivity contribution in [2.45, 2.75) is 40.5 Å². The van der Waals surface area contributed by atoms with E-state index in [0.29, 0.717) is 5.41 Å². The third kappa shape index (κ3) is 2.69. The predicted octanol–water partition coefficient (Wildman–Crippen LogP) is 3.39. The van der Waals surface area contributed by atoms with E-state index in [9.17, 15) is 0 Å². The van der Waals surface area contributed by atoms with E-state index in [0.717, 1.165) is 0 Å². The van der Waals surface area contributed by atoms with Crippen LogP contribution in [0.25, 0.3) is 0 Å². The molecule has 0 aliphatic rings. The first kappa shape index (κ1) is 8.74. The Kier molecular flexibility index (Phi) is 2.96. The first-order valence-corrected chi connectivity index (χ1v) is 3.66. The second-order valence-corrected chi connectivity index (χ2v) is 3.41. The first-order chi connectivity index (χ1) is 4.00. The van der Waals surface area contributed by atoms with Gasteiger partial charge in [0.15, 0.2) is 0 Å². The van der Waals surface area contributed by atoms with Crippen molar-refractivity contribution >= 4 is 0 Å². The van der Waals surface area contributed by atoms with Crippen LogP contribution in [-0.2, 0) is 0 Å². The summed E-state index contributed by atoms with van der Waals surface area (Å²) in [4.78, 5) is 0. The highest BCUT2D eigenvalue weighted by molar-refractivity contribution is 5.02. The molecule has 0 saturated heterocycles. The zero-order valence-corrected chi connectivity index (χ0v) is 7.12. The lowest BCUT2D eigenvalue weighted by molar-refractivity contribution is 0.404. The Morgan fingerprint density at radius 3 is 2.00 bits per heavy atom. The first-order valence-electron chi connectivity index (χ1n) is 3.66. The number of allylic oxidation sites excluding steroid dienone is 1. The minimum absolute atomic E-state index is 0.356. The monoisotopic (exact) mass is 126 g/mol. The maximum atomic E-state index is 3.95. The van der Waals surface area contributed by atoms with E-state index in [2.05, 4.69) is 34.3 Å². The highest BCUT2D eigenvalue weighted by atomic mass is 14.2. The Balaban J connectivity index is 3.85. The fourth-order valence-electron chi connectivity index (χ4n) is 0.838. The molecule has 0 aromatic heterocycles. The summed E-state index contributed by atoms with van der Waals surface area (Å²) in [6.45, 7) is 12.8. The van der Waals surface area contributed by atoms with Crippen LogP contribution in [0.5, 0.6) is 0 Å². The molecule has 0 bridgehead atoms. The smallest absolute Gasteiger partial charge is 0.0150 e. The van der Waals surface area contributed by atoms with Gasteiger partial charge in [0.1, 0.15) is 0 Å². The molecule has 0 radical (unpaired) electrons. The van der Waals surface area contributed by atoms with Crippen LogP contribution in [0.3, 0.4) is 0 Å². The van der Waals surface area contributed by atoms with E-state index >= 15 is 0 Å². The minimum atomic E-state index is 0.356. The minimum Gasteiger partial charge on any atom is -0.0996 e. The predicted molar refractivity (Wildman–Crippen MR) is 43.5 cm³/mol. The summed E-state index contributed by atoms with van der Waals surface area (Å²) in [5.74, 6) is 0. The SMILES string of the molecule is C=C(C)C(C)(C)CCC. The van der Waals surface area contributed by atoms with E-state index in [1.807, 2.05) is 0 Å².